The maximum absolute atomic E-state index is 12.0. The van der Waals surface area contributed by atoms with Gasteiger partial charge in [-0.1, -0.05) is 6.07 Å². The second kappa shape index (κ2) is 10.1. The van der Waals surface area contributed by atoms with Gasteiger partial charge in [0.25, 0.3) is 0 Å². The summed E-state index contributed by atoms with van der Waals surface area (Å²) in [4.78, 5) is 12.0. The fourth-order valence-electron chi connectivity index (χ4n) is 2.42. The molecule has 0 aliphatic heterocycles. The Hall–Kier alpha value is -3.85. The van der Waals surface area contributed by atoms with Crippen molar-refractivity contribution in [2.45, 2.75) is 0 Å². The van der Waals surface area contributed by atoms with Gasteiger partial charge in [-0.3, -0.25) is 5.43 Å². The summed E-state index contributed by atoms with van der Waals surface area (Å²) in [7, 11) is 3.07. The largest absolute Gasteiger partial charge is 0.497 e. The highest BCUT2D eigenvalue weighted by atomic mass is 32.1. The zero-order valence-corrected chi connectivity index (χ0v) is 17.1. The highest BCUT2D eigenvalue weighted by Crippen LogP contribution is 2.28. The van der Waals surface area contributed by atoms with E-state index in [4.69, 9.17) is 30.8 Å². The van der Waals surface area contributed by atoms with Gasteiger partial charge >= 0.3 is 5.97 Å². The van der Waals surface area contributed by atoms with Crippen LogP contribution in [-0.4, -0.2) is 31.5 Å². The average molecular weight is 425 g/mol. The monoisotopic (exact) mass is 425 g/mol. The summed E-state index contributed by atoms with van der Waals surface area (Å²) in [5.41, 5.74) is 4.21. The van der Waals surface area contributed by atoms with E-state index in [1.165, 1.54) is 19.4 Å². The van der Waals surface area contributed by atoms with Gasteiger partial charge in [0.1, 0.15) is 5.75 Å². The van der Waals surface area contributed by atoms with Gasteiger partial charge in [0.05, 0.1) is 26.7 Å². The summed E-state index contributed by atoms with van der Waals surface area (Å²) in [5.74, 6) is 0.834. The topological polar surface area (TPSA) is 94.3 Å². The minimum atomic E-state index is -0.615. The third-order valence-electron chi connectivity index (χ3n) is 3.82. The number of benzene rings is 2. The number of carbonyl (C=O) groups is 1. The van der Waals surface area contributed by atoms with Gasteiger partial charge in [-0.05, 0) is 60.2 Å². The predicted octanol–water partition coefficient (Wildman–Crippen LogP) is 3.84. The molecule has 0 aliphatic rings. The second-order valence-corrected chi connectivity index (χ2v) is 6.24. The number of esters is 1. The SMILES string of the molecule is COc1cccc(NC(=S)N/N=C/c2ccc(OC(=O)c3ccco3)c(OC)c2)c1. The molecule has 0 atom stereocenters. The minimum Gasteiger partial charge on any atom is -0.497 e. The first-order valence-electron chi connectivity index (χ1n) is 8.77. The first kappa shape index (κ1) is 20.9. The third-order valence-corrected chi connectivity index (χ3v) is 4.01. The van der Waals surface area contributed by atoms with Crippen LogP contribution in [0.1, 0.15) is 16.1 Å². The Morgan fingerprint density at radius 1 is 1.07 bits per heavy atom. The van der Waals surface area contributed by atoms with E-state index < -0.39 is 5.97 Å². The molecular weight excluding hydrogens is 406 g/mol. The lowest BCUT2D eigenvalue weighted by Crippen LogP contribution is -2.23. The van der Waals surface area contributed by atoms with E-state index in [2.05, 4.69) is 15.8 Å². The van der Waals surface area contributed by atoms with Gasteiger partial charge in [0, 0.05) is 11.8 Å². The number of anilines is 1. The van der Waals surface area contributed by atoms with Crippen LogP contribution in [0, 0.1) is 0 Å². The molecule has 0 spiro atoms. The summed E-state index contributed by atoms with van der Waals surface area (Å²) < 4.78 is 20.8. The number of nitrogens with zero attached hydrogens (tertiary/aromatic N) is 1. The smallest absolute Gasteiger partial charge is 0.379 e. The fourth-order valence-corrected chi connectivity index (χ4v) is 2.59. The fraction of sp³-hybridized carbons (Fsp3) is 0.0952. The molecule has 154 valence electrons. The molecule has 0 saturated carbocycles. The van der Waals surface area contributed by atoms with E-state index >= 15 is 0 Å². The van der Waals surface area contributed by atoms with Crippen LogP contribution < -0.4 is 25.0 Å². The Kier molecular flexibility index (Phi) is 7.01. The van der Waals surface area contributed by atoms with Gasteiger partial charge in [-0.15, -0.1) is 0 Å². The van der Waals surface area contributed by atoms with Crippen LogP contribution in [0.15, 0.2) is 70.4 Å². The standard InChI is InChI=1S/C21H19N3O5S/c1-26-16-6-3-5-15(12-16)23-21(30)24-22-13-14-8-9-17(19(11-14)27-2)29-20(25)18-7-4-10-28-18/h3-13H,1-2H3,(H2,23,24,30)/b22-13+. The van der Waals surface area contributed by atoms with Gasteiger partial charge < -0.3 is 23.9 Å². The molecule has 0 unspecified atom stereocenters. The van der Waals surface area contributed by atoms with E-state index in [0.29, 0.717) is 22.2 Å². The number of hydrogen-bond donors (Lipinski definition) is 2. The number of furan rings is 1. The number of carbonyl (C=O) groups excluding carboxylic acids is 1. The van der Waals surface area contributed by atoms with Crippen molar-refractivity contribution in [1.82, 2.24) is 5.43 Å². The molecule has 0 bridgehead atoms. The van der Waals surface area contributed by atoms with Crippen molar-refractivity contribution < 1.29 is 23.4 Å². The maximum atomic E-state index is 12.0. The van der Waals surface area contributed by atoms with Crippen LogP contribution in [0.5, 0.6) is 17.2 Å². The van der Waals surface area contributed by atoms with Gasteiger partial charge in [0.2, 0.25) is 5.76 Å². The van der Waals surface area contributed by atoms with Gasteiger partial charge in [0.15, 0.2) is 16.6 Å². The van der Waals surface area contributed by atoms with E-state index in [1.54, 1.807) is 37.6 Å². The van der Waals surface area contributed by atoms with Crippen LogP contribution >= 0.6 is 12.2 Å². The van der Waals surface area contributed by atoms with E-state index in [0.717, 1.165) is 5.69 Å². The molecule has 2 aromatic carbocycles. The molecule has 0 amide bonds. The van der Waals surface area contributed by atoms with Crippen LogP contribution in [0.3, 0.4) is 0 Å². The first-order chi connectivity index (χ1) is 14.6. The number of ether oxygens (including phenoxy) is 3. The Labute approximate surface area is 178 Å². The lowest BCUT2D eigenvalue weighted by atomic mass is 10.2. The van der Waals surface area contributed by atoms with E-state index in [1.807, 2.05) is 24.3 Å². The lowest BCUT2D eigenvalue weighted by molar-refractivity contribution is 0.0696. The number of rotatable bonds is 7. The summed E-state index contributed by atoms with van der Waals surface area (Å²) >= 11 is 5.22. The molecule has 0 aliphatic carbocycles. The van der Waals surface area contributed by atoms with E-state index in [-0.39, 0.29) is 11.5 Å². The second-order valence-electron chi connectivity index (χ2n) is 5.83. The third kappa shape index (κ3) is 5.58. The molecule has 2 N–H and O–H groups in total. The van der Waals surface area contributed by atoms with Crippen molar-refractivity contribution in [2.24, 2.45) is 5.10 Å². The number of hydrazone groups is 1. The van der Waals surface area contributed by atoms with E-state index in [9.17, 15) is 4.79 Å². The van der Waals surface area contributed by atoms with Gasteiger partial charge in [-0.2, -0.15) is 5.10 Å². The molecule has 0 radical (unpaired) electrons. The van der Waals surface area contributed by atoms with Crippen LogP contribution in [-0.2, 0) is 0 Å². The zero-order chi connectivity index (χ0) is 21.3. The van der Waals surface area contributed by atoms with Gasteiger partial charge in [-0.25, -0.2) is 4.79 Å². The average Bonchev–Trinajstić information content (AvgIpc) is 3.30. The highest BCUT2D eigenvalue weighted by molar-refractivity contribution is 7.80. The molecule has 3 aromatic rings. The van der Waals surface area contributed by atoms with Crippen LogP contribution in [0.2, 0.25) is 0 Å². The summed E-state index contributed by atoms with van der Waals surface area (Å²) in [6, 6.07) is 15.5. The van der Waals surface area contributed by atoms with Crippen molar-refractivity contribution in [2.75, 3.05) is 19.5 Å². The number of thiocarbonyl (C=S) groups is 1. The van der Waals surface area contributed by atoms with Crippen LogP contribution in [0.25, 0.3) is 0 Å². The molecule has 1 heterocycles. The van der Waals surface area contributed by atoms with Crippen molar-refractivity contribution in [3.8, 4) is 17.2 Å². The molecule has 3 rings (SSSR count). The Morgan fingerprint density at radius 3 is 2.67 bits per heavy atom. The maximum Gasteiger partial charge on any atom is 0.379 e. The van der Waals surface area contributed by atoms with Crippen molar-refractivity contribution in [1.29, 1.82) is 0 Å². The minimum absolute atomic E-state index is 0.101. The quantitative estimate of drug-likeness (QED) is 0.194. The zero-order valence-electron chi connectivity index (χ0n) is 16.2. The van der Waals surface area contributed by atoms with Crippen molar-refractivity contribution >= 4 is 35.2 Å². The predicted molar refractivity (Wildman–Crippen MR) is 117 cm³/mol. The lowest BCUT2D eigenvalue weighted by Gasteiger charge is -2.09. The van der Waals surface area contributed by atoms with Crippen molar-refractivity contribution in [3.63, 3.8) is 0 Å². The molecule has 0 fully saturated rings. The molecular formula is C21H19N3O5S. The normalized spacial score (nSPS) is 10.5. The number of nitrogens with one attached hydrogen (secondary N) is 2. The molecule has 8 nitrogen and oxygen atoms in total. The number of hydrogen-bond acceptors (Lipinski definition) is 7. The highest BCUT2D eigenvalue weighted by Gasteiger charge is 2.14. The molecule has 1 aromatic heterocycles. The Morgan fingerprint density at radius 2 is 1.93 bits per heavy atom. The summed E-state index contributed by atoms with van der Waals surface area (Å²) in [5, 5.41) is 7.42. The first-order valence-corrected chi connectivity index (χ1v) is 9.17. The van der Waals surface area contributed by atoms with Crippen molar-refractivity contribution in [3.05, 3.63) is 72.2 Å². The summed E-state index contributed by atoms with van der Waals surface area (Å²) in [6.45, 7) is 0. The number of methoxy groups -OCH3 is 2. The molecule has 9 heteroatoms. The summed E-state index contributed by atoms with van der Waals surface area (Å²) in [6.07, 6.45) is 2.95. The Balaban J connectivity index is 1.59. The molecule has 30 heavy (non-hydrogen) atoms. The molecule has 0 saturated heterocycles. The van der Waals surface area contributed by atoms with Crippen LogP contribution in [0.4, 0.5) is 5.69 Å². The Bertz CT molecular complexity index is 1050.